The van der Waals surface area contributed by atoms with Gasteiger partial charge in [-0.25, -0.2) is 5.43 Å². The van der Waals surface area contributed by atoms with Crippen molar-refractivity contribution in [3.8, 4) is 0 Å². The molecule has 0 aliphatic heterocycles. The molecule has 0 aromatic heterocycles. The van der Waals surface area contributed by atoms with Crippen molar-refractivity contribution < 1.29 is 4.79 Å². The molecule has 4 nitrogen and oxygen atoms in total. The van der Waals surface area contributed by atoms with Gasteiger partial charge in [-0.05, 0) is 55.9 Å². The van der Waals surface area contributed by atoms with Crippen molar-refractivity contribution in [3.05, 3.63) is 60.2 Å². The predicted octanol–water partition coefficient (Wildman–Crippen LogP) is 4.73. The van der Waals surface area contributed by atoms with Crippen molar-refractivity contribution in [2.75, 3.05) is 5.32 Å². The molecule has 0 unspecified atom stereocenters. The number of nitrogens with zero attached hydrogens (tertiary/aromatic N) is 1. The number of anilines is 2. The zero-order valence-electron chi connectivity index (χ0n) is 14.0. The van der Waals surface area contributed by atoms with E-state index in [0.29, 0.717) is 5.56 Å². The summed E-state index contributed by atoms with van der Waals surface area (Å²) in [6.07, 6.45) is 4.26. The highest BCUT2D eigenvalue weighted by Gasteiger charge is 2.15. The normalized spacial score (nSPS) is 17.2. The number of benzene rings is 2. The summed E-state index contributed by atoms with van der Waals surface area (Å²) in [6.45, 7) is 2.26. The van der Waals surface area contributed by atoms with Gasteiger partial charge in [-0.1, -0.05) is 37.3 Å². The highest BCUT2D eigenvalue weighted by Crippen LogP contribution is 2.22. The summed E-state index contributed by atoms with van der Waals surface area (Å²) in [5, 5.41) is 7.62. The lowest BCUT2D eigenvalue weighted by molar-refractivity contribution is 0.0955. The Hall–Kier alpha value is -2.62. The molecule has 124 valence electrons. The Morgan fingerprint density at radius 2 is 1.67 bits per heavy atom. The Morgan fingerprint density at radius 3 is 2.42 bits per heavy atom. The highest BCUT2D eigenvalue weighted by atomic mass is 16.2. The topological polar surface area (TPSA) is 53.5 Å². The maximum Gasteiger partial charge on any atom is 0.273 e. The Bertz CT molecular complexity index is 715. The van der Waals surface area contributed by atoms with Crippen molar-refractivity contribution >= 4 is 23.0 Å². The Morgan fingerprint density at radius 1 is 1.00 bits per heavy atom. The predicted molar refractivity (Wildman–Crippen MR) is 98.7 cm³/mol. The van der Waals surface area contributed by atoms with E-state index >= 15 is 0 Å². The molecule has 1 saturated carbocycles. The van der Waals surface area contributed by atoms with E-state index in [1.54, 1.807) is 0 Å². The van der Waals surface area contributed by atoms with E-state index in [9.17, 15) is 4.79 Å². The third kappa shape index (κ3) is 4.22. The van der Waals surface area contributed by atoms with Crippen molar-refractivity contribution in [3.63, 3.8) is 0 Å². The molecule has 0 saturated heterocycles. The van der Waals surface area contributed by atoms with Crippen LogP contribution in [-0.4, -0.2) is 11.6 Å². The second kappa shape index (κ2) is 7.77. The van der Waals surface area contributed by atoms with Crippen LogP contribution in [0.4, 0.5) is 11.4 Å². The summed E-state index contributed by atoms with van der Waals surface area (Å²) in [6, 6.07) is 17.3. The number of hydrazone groups is 1. The number of para-hydroxylation sites is 2. The van der Waals surface area contributed by atoms with Crippen LogP contribution < -0.4 is 10.7 Å². The molecule has 3 rings (SSSR count). The Labute approximate surface area is 143 Å². The van der Waals surface area contributed by atoms with Crippen molar-refractivity contribution in [2.24, 2.45) is 11.0 Å². The standard InChI is InChI=1S/C20H23N3O/c1-15-11-13-17(14-12-15)22-23-20(24)18-9-5-6-10-19(18)21-16-7-3-2-4-8-16/h2-10,15,21H,11-14H2,1H3,(H,23,24). The maximum atomic E-state index is 12.5. The first-order valence-electron chi connectivity index (χ1n) is 8.49. The van der Waals surface area contributed by atoms with Gasteiger partial charge in [0.1, 0.15) is 0 Å². The zero-order valence-corrected chi connectivity index (χ0v) is 14.0. The minimum atomic E-state index is -0.180. The monoisotopic (exact) mass is 321 g/mol. The number of amides is 1. The van der Waals surface area contributed by atoms with Gasteiger partial charge in [-0.3, -0.25) is 4.79 Å². The molecule has 0 spiro atoms. The van der Waals surface area contributed by atoms with E-state index in [1.807, 2.05) is 54.6 Å². The molecule has 0 radical (unpaired) electrons. The van der Waals surface area contributed by atoms with E-state index < -0.39 is 0 Å². The minimum Gasteiger partial charge on any atom is -0.355 e. The molecule has 2 aromatic rings. The summed E-state index contributed by atoms with van der Waals surface area (Å²) >= 11 is 0. The number of nitrogens with one attached hydrogen (secondary N) is 2. The summed E-state index contributed by atoms with van der Waals surface area (Å²) in [4.78, 5) is 12.5. The number of hydrogen-bond donors (Lipinski definition) is 2. The molecule has 4 heteroatoms. The highest BCUT2D eigenvalue weighted by molar-refractivity contribution is 6.01. The van der Waals surface area contributed by atoms with Gasteiger partial charge in [0.15, 0.2) is 0 Å². The van der Waals surface area contributed by atoms with Crippen LogP contribution in [0.25, 0.3) is 0 Å². The first-order valence-corrected chi connectivity index (χ1v) is 8.49. The second-order valence-corrected chi connectivity index (χ2v) is 6.34. The van der Waals surface area contributed by atoms with E-state index in [0.717, 1.165) is 48.7 Å². The van der Waals surface area contributed by atoms with Crippen LogP contribution in [0, 0.1) is 5.92 Å². The second-order valence-electron chi connectivity index (χ2n) is 6.34. The lowest BCUT2D eigenvalue weighted by atomic mass is 9.90. The van der Waals surface area contributed by atoms with Gasteiger partial charge in [0.25, 0.3) is 5.91 Å². The molecule has 2 N–H and O–H groups in total. The van der Waals surface area contributed by atoms with Gasteiger partial charge >= 0.3 is 0 Å². The lowest BCUT2D eigenvalue weighted by Crippen LogP contribution is -2.22. The van der Waals surface area contributed by atoms with Gasteiger partial charge in [0.05, 0.1) is 11.3 Å². The molecule has 0 bridgehead atoms. The number of rotatable bonds is 4. The van der Waals surface area contributed by atoms with Gasteiger partial charge in [-0.2, -0.15) is 5.10 Å². The number of hydrogen-bond acceptors (Lipinski definition) is 3. The fourth-order valence-corrected chi connectivity index (χ4v) is 2.86. The first kappa shape index (κ1) is 16.2. The van der Waals surface area contributed by atoms with Gasteiger partial charge in [0.2, 0.25) is 0 Å². The largest absolute Gasteiger partial charge is 0.355 e. The molecule has 0 atom stereocenters. The van der Waals surface area contributed by atoms with Gasteiger partial charge < -0.3 is 5.32 Å². The van der Waals surface area contributed by atoms with Crippen LogP contribution in [0.5, 0.6) is 0 Å². The van der Waals surface area contributed by atoms with Gasteiger partial charge in [0, 0.05) is 11.4 Å². The van der Waals surface area contributed by atoms with E-state index in [4.69, 9.17) is 0 Å². The molecular formula is C20H23N3O. The molecule has 0 heterocycles. The van der Waals surface area contributed by atoms with E-state index in [-0.39, 0.29) is 5.91 Å². The summed E-state index contributed by atoms with van der Waals surface area (Å²) in [5.41, 5.74) is 6.13. The number of carbonyl (C=O) groups excluding carboxylic acids is 1. The van der Waals surface area contributed by atoms with Crippen molar-refractivity contribution in [2.45, 2.75) is 32.6 Å². The fourth-order valence-electron chi connectivity index (χ4n) is 2.86. The van der Waals surface area contributed by atoms with E-state index in [1.165, 1.54) is 0 Å². The third-order valence-corrected chi connectivity index (χ3v) is 4.39. The van der Waals surface area contributed by atoms with Crippen LogP contribution in [-0.2, 0) is 0 Å². The molecular weight excluding hydrogens is 298 g/mol. The molecule has 2 aromatic carbocycles. The maximum absolute atomic E-state index is 12.5. The lowest BCUT2D eigenvalue weighted by Gasteiger charge is -2.18. The van der Waals surface area contributed by atoms with E-state index in [2.05, 4.69) is 22.8 Å². The summed E-state index contributed by atoms with van der Waals surface area (Å²) in [7, 11) is 0. The minimum absolute atomic E-state index is 0.180. The van der Waals surface area contributed by atoms with Crippen LogP contribution in [0.15, 0.2) is 59.7 Å². The first-order chi connectivity index (χ1) is 11.7. The zero-order chi connectivity index (χ0) is 16.8. The average Bonchev–Trinajstić information content (AvgIpc) is 2.62. The molecule has 1 fully saturated rings. The third-order valence-electron chi connectivity index (χ3n) is 4.39. The van der Waals surface area contributed by atoms with Crippen LogP contribution >= 0.6 is 0 Å². The van der Waals surface area contributed by atoms with Crippen LogP contribution in [0.2, 0.25) is 0 Å². The summed E-state index contributed by atoms with van der Waals surface area (Å²) < 4.78 is 0. The molecule has 24 heavy (non-hydrogen) atoms. The van der Waals surface area contributed by atoms with Crippen molar-refractivity contribution in [1.29, 1.82) is 0 Å². The molecule has 1 aliphatic carbocycles. The van der Waals surface area contributed by atoms with Crippen LogP contribution in [0.3, 0.4) is 0 Å². The van der Waals surface area contributed by atoms with Crippen LogP contribution in [0.1, 0.15) is 43.0 Å². The SMILES string of the molecule is CC1CCC(=NNC(=O)c2ccccc2Nc2ccccc2)CC1. The average molecular weight is 321 g/mol. The van der Waals surface area contributed by atoms with Crippen molar-refractivity contribution in [1.82, 2.24) is 5.43 Å². The molecule has 1 aliphatic rings. The summed E-state index contributed by atoms with van der Waals surface area (Å²) in [5.74, 6) is 0.579. The Balaban J connectivity index is 1.70. The molecule has 1 amide bonds. The van der Waals surface area contributed by atoms with Gasteiger partial charge in [-0.15, -0.1) is 0 Å². The fraction of sp³-hybridized carbons (Fsp3) is 0.300. The smallest absolute Gasteiger partial charge is 0.273 e. The quantitative estimate of drug-likeness (QED) is 0.800. The Kier molecular flexibility index (Phi) is 5.26. The number of carbonyl (C=O) groups is 1.